The van der Waals surface area contributed by atoms with Crippen LogP contribution in [-0.2, 0) is 4.75 Å². The van der Waals surface area contributed by atoms with Gasteiger partial charge in [0, 0.05) is 5.02 Å². The monoisotopic (exact) mass is 280 g/mol. The Morgan fingerprint density at radius 1 is 1.18 bits per heavy atom. The van der Waals surface area contributed by atoms with E-state index in [0.717, 1.165) is 5.02 Å². The number of thioether (sulfide) groups is 1. The topological polar surface area (TPSA) is 0 Å². The summed E-state index contributed by atoms with van der Waals surface area (Å²) in [5.41, 5.74) is 2.79. The summed E-state index contributed by atoms with van der Waals surface area (Å²) >= 11 is 9.97. The summed E-state index contributed by atoms with van der Waals surface area (Å²) in [6.45, 7) is 0. The first kappa shape index (κ1) is 11.6. The molecule has 3 rings (SSSR count). The van der Waals surface area contributed by atoms with E-state index in [0.29, 0.717) is 0 Å². The zero-order valence-electron chi connectivity index (χ0n) is 9.36. The number of benzene rings is 1. The van der Waals surface area contributed by atoms with E-state index >= 15 is 0 Å². The average molecular weight is 281 g/mol. The minimum absolute atomic E-state index is 0.144. The molecule has 1 aromatic carbocycles. The Balaban J connectivity index is 2.12. The van der Waals surface area contributed by atoms with Gasteiger partial charge in [0.15, 0.2) is 0 Å². The van der Waals surface area contributed by atoms with Gasteiger partial charge < -0.3 is 0 Å². The van der Waals surface area contributed by atoms with Crippen molar-refractivity contribution in [3.05, 3.63) is 57.2 Å². The zero-order valence-corrected chi connectivity index (χ0v) is 11.7. The zero-order chi connectivity index (χ0) is 11.7. The number of halogens is 1. The van der Waals surface area contributed by atoms with Gasteiger partial charge in [0.2, 0.25) is 0 Å². The highest BCUT2D eigenvalue weighted by molar-refractivity contribution is 8.00. The van der Waals surface area contributed by atoms with Crippen molar-refractivity contribution in [2.45, 2.75) is 17.6 Å². The van der Waals surface area contributed by atoms with E-state index in [1.807, 2.05) is 6.07 Å². The van der Waals surface area contributed by atoms with Gasteiger partial charge in [-0.05, 0) is 58.7 Å². The molecule has 1 aliphatic rings. The van der Waals surface area contributed by atoms with E-state index in [4.69, 9.17) is 11.6 Å². The van der Waals surface area contributed by atoms with Gasteiger partial charge in [-0.25, -0.2) is 0 Å². The fraction of sp³-hybridized carbons (Fsp3) is 0.286. The molecule has 0 spiro atoms. The Kier molecular flexibility index (Phi) is 3.20. The molecule has 0 N–H and O–H groups in total. The minimum Gasteiger partial charge on any atom is -0.152 e. The largest absolute Gasteiger partial charge is 0.152 e. The van der Waals surface area contributed by atoms with Gasteiger partial charge in [0.1, 0.15) is 0 Å². The third-order valence-electron chi connectivity index (χ3n) is 3.30. The first-order valence-electron chi connectivity index (χ1n) is 5.74. The van der Waals surface area contributed by atoms with Crippen LogP contribution in [-0.4, -0.2) is 5.75 Å². The molecule has 0 saturated carbocycles. The highest BCUT2D eigenvalue weighted by Gasteiger charge is 2.38. The Hall–Kier alpha value is -0.440. The fourth-order valence-electron chi connectivity index (χ4n) is 2.50. The Morgan fingerprint density at radius 2 is 2.12 bits per heavy atom. The molecule has 1 atom stereocenters. The summed E-state index contributed by atoms with van der Waals surface area (Å²) in [6, 6.07) is 10.6. The van der Waals surface area contributed by atoms with Gasteiger partial charge in [-0.2, -0.15) is 11.3 Å². The van der Waals surface area contributed by atoms with Crippen LogP contribution in [0.3, 0.4) is 0 Å². The molecule has 3 heteroatoms. The molecule has 17 heavy (non-hydrogen) atoms. The van der Waals surface area contributed by atoms with E-state index in [-0.39, 0.29) is 4.75 Å². The van der Waals surface area contributed by atoms with Gasteiger partial charge in [0.05, 0.1) is 4.75 Å². The van der Waals surface area contributed by atoms with Crippen LogP contribution in [0.4, 0.5) is 0 Å². The molecular formula is C14H13ClS2. The van der Waals surface area contributed by atoms with Crippen molar-refractivity contribution in [2.24, 2.45) is 0 Å². The SMILES string of the molecule is Clc1cccc([C@@]2(c3ccsc3)CCCS2)c1. The van der Waals surface area contributed by atoms with Gasteiger partial charge in [0.25, 0.3) is 0 Å². The van der Waals surface area contributed by atoms with Crippen molar-refractivity contribution < 1.29 is 0 Å². The van der Waals surface area contributed by atoms with Crippen LogP contribution in [0.25, 0.3) is 0 Å². The van der Waals surface area contributed by atoms with Gasteiger partial charge >= 0.3 is 0 Å². The predicted octanol–water partition coefficient (Wildman–Crippen LogP) is 5.17. The van der Waals surface area contributed by atoms with Crippen LogP contribution in [0.5, 0.6) is 0 Å². The highest BCUT2D eigenvalue weighted by Crippen LogP contribution is 2.52. The van der Waals surface area contributed by atoms with Crippen molar-refractivity contribution in [3.8, 4) is 0 Å². The van der Waals surface area contributed by atoms with Crippen LogP contribution in [0, 0.1) is 0 Å². The second-order valence-electron chi connectivity index (χ2n) is 4.30. The first-order valence-corrected chi connectivity index (χ1v) is 8.05. The summed E-state index contributed by atoms with van der Waals surface area (Å²) in [4.78, 5) is 0. The quantitative estimate of drug-likeness (QED) is 0.731. The van der Waals surface area contributed by atoms with Crippen LogP contribution in [0.2, 0.25) is 5.02 Å². The molecule has 0 aliphatic carbocycles. The molecule has 1 saturated heterocycles. The lowest BCUT2D eigenvalue weighted by Crippen LogP contribution is -2.19. The van der Waals surface area contributed by atoms with Crippen LogP contribution in [0.15, 0.2) is 41.1 Å². The molecule has 0 nitrogen and oxygen atoms in total. The number of thiophene rings is 1. The molecule has 88 valence electrons. The van der Waals surface area contributed by atoms with Crippen LogP contribution in [0.1, 0.15) is 24.0 Å². The molecule has 1 fully saturated rings. The third kappa shape index (κ3) is 2.03. The molecule has 1 aliphatic heterocycles. The fourth-order valence-corrected chi connectivity index (χ4v) is 5.00. The molecule has 2 heterocycles. The maximum absolute atomic E-state index is 6.14. The van der Waals surface area contributed by atoms with Gasteiger partial charge in [-0.1, -0.05) is 23.7 Å². The molecule has 0 amide bonds. The van der Waals surface area contributed by atoms with E-state index in [1.165, 1.54) is 29.7 Å². The molecule has 1 aromatic heterocycles. The highest BCUT2D eigenvalue weighted by atomic mass is 35.5. The van der Waals surface area contributed by atoms with E-state index < -0.39 is 0 Å². The van der Waals surface area contributed by atoms with Gasteiger partial charge in [-0.15, -0.1) is 11.8 Å². The molecule has 0 radical (unpaired) electrons. The standard InChI is InChI=1S/C14H13ClS2/c15-13-4-1-3-11(9-13)14(6-2-7-17-14)12-5-8-16-10-12/h1,3-5,8-10H,2,6-7H2/t14-/m1/s1. The molecule has 2 aromatic rings. The van der Waals surface area contributed by atoms with Crippen molar-refractivity contribution in [3.63, 3.8) is 0 Å². The first-order chi connectivity index (χ1) is 8.31. The molecular weight excluding hydrogens is 268 g/mol. The molecule has 0 bridgehead atoms. The van der Waals surface area contributed by atoms with Crippen LogP contribution < -0.4 is 0 Å². The van der Waals surface area contributed by atoms with Crippen molar-refractivity contribution in [2.75, 3.05) is 5.75 Å². The Bertz CT molecular complexity index is 499. The van der Waals surface area contributed by atoms with E-state index in [2.05, 4.69) is 46.8 Å². The lowest BCUT2D eigenvalue weighted by Gasteiger charge is -2.28. The summed E-state index contributed by atoms with van der Waals surface area (Å²) in [6.07, 6.45) is 2.50. The summed E-state index contributed by atoms with van der Waals surface area (Å²) < 4.78 is 0.144. The second kappa shape index (κ2) is 4.68. The predicted molar refractivity (Wildman–Crippen MR) is 78.2 cm³/mol. The smallest absolute Gasteiger partial charge is 0.0665 e. The Labute approximate surface area is 115 Å². The normalized spacial score (nSPS) is 24.1. The lowest BCUT2D eigenvalue weighted by atomic mass is 9.88. The lowest BCUT2D eigenvalue weighted by molar-refractivity contribution is 0.688. The number of rotatable bonds is 2. The number of hydrogen-bond donors (Lipinski definition) is 0. The van der Waals surface area contributed by atoms with E-state index in [9.17, 15) is 0 Å². The second-order valence-corrected chi connectivity index (χ2v) is 6.91. The Morgan fingerprint density at radius 3 is 2.76 bits per heavy atom. The maximum atomic E-state index is 6.14. The minimum atomic E-state index is 0.144. The van der Waals surface area contributed by atoms with Crippen LogP contribution >= 0.6 is 34.7 Å². The van der Waals surface area contributed by atoms with Crippen molar-refractivity contribution in [1.29, 1.82) is 0 Å². The maximum Gasteiger partial charge on any atom is 0.0665 e. The van der Waals surface area contributed by atoms with Crippen molar-refractivity contribution in [1.82, 2.24) is 0 Å². The number of hydrogen-bond acceptors (Lipinski definition) is 2. The summed E-state index contributed by atoms with van der Waals surface area (Å²) in [5.74, 6) is 1.24. The van der Waals surface area contributed by atoms with E-state index in [1.54, 1.807) is 11.3 Å². The average Bonchev–Trinajstić information content (AvgIpc) is 3.01. The summed E-state index contributed by atoms with van der Waals surface area (Å²) in [5, 5.41) is 5.28. The summed E-state index contributed by atoms with van der Waals surface area (Å²) in [7, 11) is 0. The van der Waals surface area contributed by atoms with Gasteiger partial charge in [-0.3, -0.25) is 0 Å². The molecule has 0 unspecified atom stereocenters. The third-order valence-corrected chi connectivity index (χ3v) is 5.88. The van der Waals surface area contributed by atoms with Crippen molar-refractivity contribution >= 4 is 34.7 Å².